The number of hydrazine groups is 1. The van der Waals surface area contributed by atoms with Crippen LogP contribution in [0.3, 0.4) is 0 Å². The first-order valence-corrected chi connectivity index (χ1v) is 5.03. The van der Waals surface area contributed by atoms with Crippen molar-refractivity contribution in [1.82, 2.24) is 5.43 Å². The Kier molecular flexibility index (Phi) is 3.36. The molecule has 0 bridgehead atoms. The van der Waals surface area contributed by atoms with Crippen molar-refractivity contribution in [2.75, 3.05) is 5.43 Å². The Morgan fingerprint density at radius 3 is 2.00 bits per heavy atom. The van der Waals surface area contributed by atoms with E-state index in [2.05, 4.69) is 23.0 Å². The summed E-state index contributed by atoms with van der Waals surface area (Å²) in [5.74, 6) is 0. The topological polar surface area (TPSA) is 24.1 Å². The van der Waals surface area contributed by atoms with Gasteiger partial charge in [0.05, 0.1) is 0 Å². The molecule has 2 aromatic rings. The summed E-state index contributed by atoms with van der Waals surface area (Å²) in [5, 5.41) is 0. The number of nitrogens with one attached hydrogen (secondary N) is 2. The fourth-order valence-electron chi connectivity index (χ4n) is 1.37. The number of hydrogen-bond acceptors (Lipinski definition) is 2. The van der Waals surface area contributed by atoms with Crippen LogP contribution in [0.5, 0.6) is 0 Å². The van der Waals surface area contributed by atoms with Gasteiger partial charge in [0.2, 0.25) is 0 Å². The third kappa shape index (κ3) is 3.11. The second-order valence-electron chi connectivity index (χ2n) is 3.33. The highest BCUT2D eigenvalue weighted by atomic mass is 15.3. The molecular formula is C13H14N2. The number of anilines is 1. The molecule has 76 valence electrons. The zero-order chi connectivity index (χ0) is 10.3. The van der Waals surface area contributed by atoms with Gasteiger partial charge in [0, 0.05) is 12.2 Å². The quantitative estimate of drug-likeness (QED) is 0.738. The van der Waals surface area contributed by atoms with Crippen LogP contribution in [0.4, 0.5) is 5.69 Å². The molecule has 2 nitrogen and oxygen atoms in total. The predicted octanol–water partition coefficient (Wildman–Crippen LogP) is 2.80. The molecule has 0 aliphatic carbocycles. The molecule has 0 aliphatic heterocycles. The first kappa shape index (κ1) is 9.74. The van der Waals surface area contributed by atoms with E-state index in [1.807, 2.05) is 48.5 Å². The van der Waals surface area contributed by atoms with Crippen molar-refractivity contribution in [3.8, 4) is 0 Å². The van der Waals surface area contributed by atoms with Crippen LogP contribution in [-0.2, 0) is 6.54 Å². The molecule has 15 heavy (non-hydrogen) atoms. The van der Waals surface area contributed by atoms with Crippen molar-refractivity contribution in [3.05, 3.63) is 66.2 Å². The van der Waals surface area contributed by atoms with Gasteiger partial charge in [0.15, 0.2) is 0 Å². The van der Waals surface area contributed by atoms with Crippen LogP contribution in [0.1, 0.15) is 5.56 Å². The van der Waals surface area contributed by atoms with Crippen molar-refractivity contribution in [2.45, 2.75) is 6.54 Å². The Labute approximate surface area is 89.9 Å². The van der Waals surface area contributed by atoms with Gasteiger partial charge in [-0.25, -0.2) is 5.43 Å². The fraction of sp³-hybridized carbons (Fsp3) is 0.0769. The van der Waals surface area contributed by atoms with Gasteiger partial charge < -0.3 is 5.43 Å². The van der Waals surface area contributed by atoms with Gasteiger partial charge in [-0.3, -0.25) is 0 Å². The van der Waals surface area contributed by atoms with Crippen LogP contribution in [0.25, 0.3) is 0 Å². The molecule has 0 heterocycles. The first-order chi connectivity index (χ1) is 7.45. The number of hydrogen-bond donors (Lipinski definition) is 2. The third-order valence-corrected chi connectivity index (χ3v) is 2.14. The van der Waals surface area contributed by atoms with Crippen molar-refractivity contribution in [1.29, 1.82) is 0 Å². The lowest BCUT2D eigenvalue weighted by Gasteiger charge is -2.07. The van der Waals surface area contributed by atoms with E-state index >= 15 is 0 Å². The lowest BCUT2D eigenvalue weighted by molar-refractivity contribution is 0.801. The molecule has 0 aromatic heterocycles. The normalized spacial score (nSPS) is 9.87. The molecule has 0 amide bonds. The lowest BCUT2D eigenvalue weighted by Crippen LogP contribution is -2.20. The average molecular weight is 198 g/mol. The predicted molar refractivity (Wildman–Crippen MR) is 63.3 cm³/mol. The highest BCUT2D eigenvalue weighted by Crippen LogP contribution is 2.03. The van der Waals surface area contributed by atoms with E-state index in [1.165, 1.54) is 5.56 Å². The summed E-state index contributed by atoms with van der Waals surface area (Å²) in [7, 11) is 0. The molecule has 2 rings (SSSR count). The molecule has 2 heteroatoms. The summed E-state index contributed by atoms with van der Waals surface area (Å²) in [6, 6.07) is 20.4. The zero-order valence-electron chi connectivity index (χ0n) is 8.48. The Balaban J connectivity index is 1.81. The summed E-state index contributed by atoms with van der Waals surface area (Å²) in [6.07, 6.45) is 0. The summed E-state index contributed by atoms with van der Waals surface area (Å²) in [4.78, 5) is 0. The number of rotatable bonds is 4. The average Bonchev–Trinajstić information content (AvgIpc) is 2.32. The standard InChI is InChI=1S/C13H14N2/c1-3-7-12(8-4-1)11-14-15-13-9-5-2-6-10-13/h1-10,14-15H,11H2. The Bertz CT molecular complexity index is 344. The summed E-state index contributed by atoms with van der Waals surface area (Å²) in [6.45, 7) is 0.815. The van der Waals surface area contributed by atoms with E-state index in [0.29, 0.717) is 0 Å². The van der Waals surface area contributed by atoms with Gasteiger partial charge in [-0.05, 0) is 17.7 Å². The maximum atomic E-state index is 3.17. The highest BCUT2D eigenvalue weighted by Gasteiger charge is 1.90. The minimum absolute atomic E-state index is 0.815. The van der Waals surface area contributed by atoms with Crippen molar-refractivity contribution in [2.24, 2.45) is 0 Å². The van der Waals surface area contributed by atoms with Crippen LogP contribution in [0, 0.1) is 0 Å². The number of benzene rings is 2. The van der Waals surface area contributed by atoms with Crippen molar-refractivity contribution < 1.29 is 0 Å². The third-order valence-electron chi connectivity index (χ3n) is 2.14. The second kappa shape index (κ2) is 5.17. The SMILES string of the molecule is c1ccc(CNNc2ccccc2)cc1. The summed E-state index contributed by atoms with van der Waals surface area (Å²) >= 11 is 0. The zero-order valence-corrected chi connectivity index (χ0v) is 8.48. The Morgan fingerprint density at radius 2 is 1.33 bits per heavy atom. The van der Waals surface area contributed by atoms with Crippen molar-refractivity contribution >= 4 is 5.69 Å². The van der Waals surface area contributed by atoms with Crippen LogP contribution in [-0.4, -0.2) is 0 Å². The maximum absolute atomic E-state index is 3.17. The van der Waals surface area contributed by atoms with Crippen molar-refractivity contribution in [3.63, 3.8) is 0 Å². The van der Waals surface area contributed by atoms with E-state index in [4.69, 9.17) is 0 Å². The van der Waals surface area contributed by atoms with Crippen LogP contribution >= 0.6 is 0 Å². The molecule has 0 atom stereocenters. The molecule has 0 fully saturated rings. The van der Waals surface area contributed by atoms with E-state index in [9.17, 15) is 0 Å². The van der Waals surface area contributed by atoms with Gasteiger partial charge in [0.25, 0.3) is 0 Å². The Hall–Kier alpha value is -1.80. The van der Waals surface area contributed by atoms with Crippen LogP contribution in [0.2, 0.25) is 0 Å². The van der Waals surface area contributed by atoms with E-state index in [0.717, 1.165) is 12.2 Å². The van der Waals surface area contributed by atoms with Crippen LogP contribution < -0.4 is 10.9 Å². The molecule has 2 N–H and O–H groups in total. The first-order valence-electron chi connectivity index (χ1n) is 5.03. The van der Waals surface area contributed by atoms with Crippen LogP contribution in [0.15, 0.2) is 60.7 Å². The van der Waals surface area contributed by atoms with Gasteiger partial charge in [-0.15, -0.1) is 0 Å². The minimum atomic E-state index is 0.815. The lowest BCUT2D eigenvalue weighted by atomic mass is 10.2. The Morgan fingerprint density at radius 1 is 0.733 bits per heavy atom. The molecule has 0 radical (unpaired) electrons. The molecule has 0 saturated heterocycles. The smallest absolute Gasteiger partial charge is 0.0487 e. The van der Waals surface area contributed by atoms with Gasteiger partial charge in [-0.1, -0.05) is 48.5 Å². The highest BCUT2D eigenvalue weighted by molar-refractivity contribution is 5.41. The van der Waals surface area contributed by atoms with Gasteiger partial charge in [-0.2, -0.15) is 0 Å². The van der Waals surface area contributed by atoms with Gasteiger partial charge in [0.1, 0.15) is 0 Å². The maximum Gasteiger partial charge on any atom is 0.0487 e. The second-order valence-corrected chi connectivity index (χ2v) is 3.33. The van der Waals surface area contributed by atoms with Gasteiger partial charge >= 0.3 is 0 Å². The largest absolute Gasteiger partial charge is 0.321 e. The van der Waals surface area contributed by atoms with E-state index in [1.54, 1.807) is 0 Å². The summed E-state index contributed by atoms with van der Waals surface area (Å²) < 4.78 is 0. The molecule has 0 unspecified atom stereocenters. The minimum Gasteiger partial charge on any atom is -0.321 e. The molecular weight excluding hydrogens is 184 g/mol. The molecule has 0 aliphatic rings. The van der Waals surface area contributed by atoms with E-state index in [-0.39, 0.29) is 0 Å². The fourth-order valence-corrected chi connectivity index (χ4v) is 1.37. The number of para-hydroxylation sites is 1. The monoisotopic (exact) mass is 198 g/mol. The molecule has 0 saturated carbocycles. The molecule has 0 spiro atoms. The summed E-state index contributed by atoms with van der Waals surface area (Å²) in [5.41, 5.74) is 8.65. The van der Waals surface area contributed by atoms with E-state index < -0.39 is 0 Å². The molecule has 2 aromatic carbocycles.